The van der Waals surface area contributed by atoms with E-state index in [1.54, 1.807) is 12.1 Å². The van der Waals surface area contributed by atoms with Gasteiger partial charge in [-0.05, 0) is 33.7 Å². The van der Waals surface area contributed by atoms with E-state index in [2.05, 4.69) is 0 Å². The summed E-state index contributed by atoms with van der Waals surface area (Å²) in [6.45, 7) is 0. The third-order valence-corrected chi connectivity index (χ3v) is 4.06. The van der Waals surface area contributed by atoms with Crippen LogP contribution < -0.4 is 0 Å². The van der Waals surface area contributed by atoms with E-state index >= 15 is 0 Å². The molecule has 0 spiro atoms. The molecular weight excluding hydrogens is 338 g/mol. The molecule has 4 aromatic rings. The van der Waals surface area contributed by atoms with Crippen molar-refractivity contribution in [2.45, 2.75) is 0 Å². The van der Waals surface area contributed by atoms with Crippen LogP contribution in [0.3, 0.4) is 0 Å². The molecule has 4 rings (SSSR count). The number of hydrogen-bond donors (Lipinski definition) is 2. The van der Waals surface area contributed by atoms with Crippen molar-refractivity contribution in [1.82, 2.24) is 0 Å². The van der Waals surface area contributed by atoms with Crippen LogP contribution in [0.25, 0.3) is 32.7 Å². The van der Waals surface area contributed by atoms with Gasteiger partial charge in [-0.25, -0.2) is 0 Å². The van der Waals surface area contributed by atoms with Crippen molar-refractivity contribution < 1.29 is 29.7 Å². The van der Waals surface area contributed by atoms with Gasteiger partial charge in [-0.2, -0.15) is 0 Å². The van der Waals surface area contributed by atoms with Gasteiger partial charge >= 0.3 is 0 Å². The van der Waals surface area contributed by atoms with Gasteiger partial charge in [0.2, 0.25) is 0 Å². The summed E-state index contributed by atoms with van der Waals surface area (Å²) < 4.78 is 0. The molecule has 108 valence electrons. The molecule has 4 aromatic carbocycles. The minimum absolute atomic E-state index is 0. The van der Waals surface area contributed by atoms with Crippen LogP contribution in [0.2, 0.25) is 0 Å². The van der Waals surface area contributed by atoms with Gasteiger partial charge in [0, 0.05) is 30.6 Å². The Morgan fingerprint density at radius 1 is 0.478 bits per heavy atom. The molecule has 23 heavy (non-hydrogen) atoms. The molecule has 0 atom stereocenters. The molecule has 2 N–H and O–H groups in total. The number of rotatable bonds is 1. The summed E-state index contributed by atoms with van der Waals surface area (Å²) in [5.41, 5.74) is 1.35. The maximum Gasteiger partial charge on any atom is 0.124 e. The van der Waals surface area contributed by atoms with Crippen LogP contribution in [-0.4, -0.2) is 10.2 Å². The van der Waals surface area contributed by atoms with Crippen LogP contribution in [0, 0.1) is 0 Å². The first-order valence-electron chi connectivity index (χ1n) is 7.17. The fraction of sp³-hybridized carbons (Fsp3) is 0. The zero-order chi connectivity index (χ0) is 15.1. The molecule has 0 aliphatic heterocycles. The molecule has 0 aliphatic rings. The number of phenols is 2. The van der Waals surface area contributed by atoms with E-state index in [1.165, 1.54) is 0 Å². The molecule has 0 bridgehead atoms. The summed E-state index contributed by atoms with van der Waals surface area (Å²) in [6.07, 6.45) is 0. The van der Waals surface area contributed by atoms with Gasteiger partial charge in [0.05, 0.1) is 0 Å². The topological polar surface area (TPSA) is 40.5 Å². The maximum atomic E-state index is 10.4. The zero-order valence-corrected chi connectivity index (χ0v) is 15.5. The molecule has 0 saturated heterocycles. The van der Waals surface area contributed by atoms with Crippen molar-refractivity contribution in [1.29, 1.82) is 0 Å². The standard InChI is InChI=1S/C20H14O2.Zn/c21-17-11-9-13-5-1-3-7-15(13)19(17)20-16-8-4-2-6-14(16)10-12-18(20)22;/h1-12,21-22H;. The minimum atomic E-state index is 0. The second-order valence-electron chi connectivity index (χ2n) is 5.36. The van der Waals surface area contributed by atoms with Crippen molar-refractivity contribution in [2.24, 2.45) is 0 Å². The van der Waals surface area contributed by atoms with Crippen LogP contribution >= 0.6 is 0 Å². The first-order valence-corrected chi connectivity index (χ1v) is 7.17. The number of hydrogen-bond acceptors (Lipinski definition) is 2. The predicted molar refractivity (Wildman–Crippen MR) is 90.2 cm³/mol. The Balaban J connectivity index is 0.00000156. The normalized spacial score (nSPS) is 10.6. The third kappa shape index (κ3) is 2.48. The van der Waals surface area contributed by atoms with Crippen LogP contribution in [0.5, 0.6) is 11.5 Å². The summed E-state index contributed by atoms with van der Waals surface area (Å²) in [5, 5.41) is 24.8. The van der Waals surface area contributed by atoms with Crippen LogP contribution in [0.15, 0.2) is 72.8 Å². The number of fused-ring (bicyclic) bond motifs is 2. The fourth-order valence-corrected chi connectivity index (χ4v) is 3.05. The number of aromatic hydroxyl groups is 2. The molecule has 0 unspecified atom stereocenters. The van der Waals surface area contributed by atoms with Gasteiger partial charge in [0.1, 0.15) is 11.5 Å². The zero-order valence-electron chi connectivity index (χ0n) is 12.5. The minimum Gasteiger partial charge on any atom is -0.507 e. The summed E-state index contributed by atoms with van der Waals surface area (Å²) >= 11 is 0. The number of benzene rings is 4. The Hall–Kier alpha value is -2.38. The summed E-state index contributed by atoms with van der Waals surface area (Å²) in [6, 6.07) is 22.9. The average molecular weight is 352 g/mol. The van der Waals surface area contributed by atoms with Gasteiger partial charge in [-0.1, -0.05) is 60.7 Å². The molecule has 0 aliphatic carbocycles. The average Bonchev–Trinajstić information content (AvgIpc) is 2.56. The van der Waals surface area contributed by atoms with Gasteiger partial charge in [-0.3, -0.25) is 0 Å². The van der Waals surface area contributed by atoms with Gasteiger partial charge in [0.25, 0.3) is 0 Å². The first-order chi connectivity index (χ1) is 10.8. The third-order valence-electron chi connectivity index (χ3n) is 4.06. The van der Waals surface area contributed by atoms with Crippen molar-refractivity contribution in [3.05, 3.63) is 72.8 Å². The molecule has 0 aromatic heterocycles. The molecule has 0 fully saturated rings. The van der Waals surface area contributed by atoms with Crippen molar-refractivity contribution in [3.63, 3.8) is 0 Å². The molecule has 3 heteroatoms. The van der Waals surface area contributed by atoms with Gasteiger partial charge in [-0.15, -0.1) is 0 Å². The molecular formula is C20H14O2Zn. The van der Waals surface area contributed by atoms with Gasteiger partial charge in [0.15, 0.2) is 0 Å². The Kier molecular flexibility index (Phi) is 4.06. The van der Waals surface area contributed by atoms with Crippen molar-refractivity contribution >= 4 is 21.5 Å². The van der Waals surface area contributed by atoms with Crippen molar-refractivity contribution in [2.75, 3.05) is 0 Å². The van der Waals surface area contributed by atoms with Crippen LogP contribution in [0.4, 0.5) is 0 Å². The van der Waals surface area contributed by atoms with Crippen molar-refractivity contribution in [3.8, 4) is 22.6 Å². The maximum absolute atomic E-state index is 10.4. The Morgan fingerprint density at radius 3 is 1.30 bits per heavy atom. The first kappa shape index (κ1) is 15.5. The second-order valence-corrected chi connectivity index (χ2v) is 5.36. The predicted octanol–water partition coefficient (Wildman–Crippen LogP) is 5.07. The monoisotopic (exact) mass is 350 g/mol. The van der Waals surface area contributed by atoms with E-state index in [0.29, 0.717) is 11.1 Å². The SMILES string of the molecule is Oc1ccc2ccccc2c1-c1c(O)ccc2ccccc12.[Zn]. The van der Waals surface area contributed by atoms with E-state index in [0.717, 1.165) is 21.5 Å². The molecule has 0 heterocycles. The van der Waals surface area contributed by atoms with E-state index < -0.39 is 0 Å². The molecule has 0 radical (unpaired) electrons. The summed E-state index contributed by atoms with van der Waals surface area (Å²) in [7, 11) is 0. The fourth-order valence-electron chi connectivity index (χ4n) is 3.05. The van der Waals surface area contributed by atoms with Crippen LogP contribution in [-0.2, 0) is 19.5 Å². The molecule has 0 saturated carbocycles. The largest absolute Gasteiger partial charge is 0.507 e. The molecule has 2 nitrogen and oxygen atoms in total. The van der Waals surface area contributed by atoms with E-state index in [-0.39, 0.29) is 31.0 Å². The number of phenolic OH excluding ortho intramolecular Hbond substituents is 2. The second kappa shape index (κ2) is 6.02. The van der Waals surface area contributed by atoms with E-state index in [9.17, 15) is 10.2 Å². The Bertz CT molecular complexity index is 925. The van der Waals surface area contributed by atoms with E-state index in [4.69, 9.17) is 0 Å². The summed E-state index contributed by atoms with van der Waals surface area (Å²) in [4.78, 5) is 0. The van der Waals surface area contributed by atoms with Gasteiger partial charge < -0.3 is 10.2 Å². The quantitative estimate of drug-likeness (QED) is 0.470. The van der Waals surface area contributed by atoms with Crippen LogP contribution in [0.1, 0.15) is 0 Å². The Morgan fingerprint density at radius 2 is 0.870 bits per heavy atom. The smallest absolute Gasteiger partial charge is 0.124 e. The molecule has 0 amide bonds. The Labute approximate surface area is 146 Å². The summed E-state index contributed by atoms with van der Waals surface area (Å²) in [5.74, 6) is 0.343. The van der Waals surface area contributed by atoms with E-state index in [1.807, 2.05) is 60.7 Å².